The van der Waals surface area contributed by atoms with E-state index in [0.29, 0.717) is 11.8 Å². The molecule has 3 heteroatoms. The van der Waals surface area contributed by atoms with Gasteiger partial charge in [0.05, 0.1) is 13.0 Å². The van der Waals surface area contributed by atoms with E-state index in [0.717, 1.165) is 12.7 Å². The van der Waals surface area contributed by atoms with Crippen LogP contribution in [-0.4, -0.2) is 19.4 Å². The number of ether oxygens (including phenoxy) is 1. The van der Waals surface area contributed by atoms with Gasteiger partial charge < -0.3 is 9.53 Å². The summed E-state index contributed by atoms with van der Waals surface area (Å²) < 4.78 is 4.59. The van der Waals surface area contributed by atoms with E-state index in [1.807, 2.05) is 0 Å². The van der Waals surface area contributed by atoms with Crippen LogP contribution in [0.25, 0.3) is 0 Å². The second-order valence-corrected chi connectivity index (χ2v) is 3.33. The van der Waals surface area contributed by atoms with Crippen molar-refractivity contribution in [1.29, 1.82) is 0 Å². The van der Waals surface area contributed by atoms with Gasteiger partial charge in [0.15, 0.2) is 0 Å². The summed E-state index contributed by atoms with van der Waals surface area (Å²) in [5.41, 5.74) is 0. The van der Waals surface area contributed by atoms with E-state index in [9.17, 15) is 9.59 Å². The van der Waals surface area contributed by atoms with Crippen LogP contribution in [0, 0.1) is 23.7 Å². The van der Waals surface area contributed by atoms with Crippen molar-refractivity contribution in [2.75, 3.05) is 7.11 Å². The van der Waals surface area contributed by atoms with Crippen molar-refractivity contribution in [2.45, 2.75) is 6.42 Å². The second kappa shape index (κ2) is 2.06. The monoisotopic (exact) mass is 154 g/mol. The highest BCUT2D eigenvalue weighted by Crippen LogP contribution is 2.63. The highest BCUT2D eigenvalue weighted by molar-refractivity contribution is 5.80. The topological polar surface area (TPSA) is 43.4 Å². The van der Waals surface area contributed by atoms with Crippen molar-refractivity contribution in [3.05, 3.63) is 0 Å². The molecule has 0 unspecified atom stereocenters. The lowest BCUT2D eigenvalue weighted by Gasteiger charge is -2.28. The van der Waals surface area contributed by atoms with Crippen molar-refractivity contribution in [1.82, 2.24) is 0 Å². The van der Waals surface area contributed by atoms with E-state index < -0.39 is 0 Å². The first-order chi connectivity index (χ1) is 5.29. The Hall–Kier alpha value is -0.860. The summed E-state index contributed by atoms with van der Waals surface area (Å²) in [6.07, 6.45) is 1.94. The van der Waals surface area contributed by atoms with Gasteiger partial charge in [-0.1, -0.05) is 0 Å². The number of carbonyl (C=O) groups excluding carboxylic acids is 2. The highest BCUT2D eigenvalue weighted by Gasteiger charge is 2.64. The maximum atomic E-state index is 11.0. The summed E-state index contributed by atoms with van der Waals surface area (Å²) >= 11 is 0. The van der Waals surface area contributed by atoms with E-state index >= 15 is 0 Å². The number of hydrogen-bond donors (Lipinski definition) is 0. The molecule has 0 spiro atoms. The summed E-state index contributed by atoms with van der Waals surface area (Å²) in [5, 5.41) is 0. The maximum Gasteiger partial charge on any atom is 0.309 e. The lowest BCUT2D eigenvalue weighted by molar-refractivity contribution is -0.154. The van der Waals surface area contributed by atoms with Gasteiger partial charge in [0.1, 0.15) is 6.29 Å². The quantitative estimate of drug-likeness (QED) is 0.422. The van der Waals surface area contributed by atoms with Crippen LogP contribution < -0.4 is 0 Å². The minimum Gasteiger partial charge on any atom is -0.469 e. The number of esters is 1. The van der Waals surface area contributed by atoms with Crippen LogP contribution in [0.5, 0.6) is 0 Å². The van der Waals surface area contributed by atoms with E-state index in [-0.39, 0.29) is 17.8 Å². The molecule has 0 bridgehead atoms. The van der Waals surface area contributed by atoms with Crippen LogP contribution in [0.4, 0.5) is 0 Å². The standard InChI is InChI=1S/C8H10O3/c1-11-8(10)7-5-2-4(5)6(7)3-9/h3-7H,2H2,1H3/t4-,5+,6-,7-/m0/s1. The molecule has 4 atom stereocenters. The van der Waals surface area contributed by atoms with Crippen LogP contribution in [-0.2, 0) is 14.3 Å². The fourth-order valence-corrected chi connectivity index (χ4v) is 2.15. The van der Waals surface area contributed by atoms with Crippen LogP contribution in [0.2, 0.25) is 0 Å². The highest BCUT2D eigenvalue weighted by atomic mass is 16.5. The lowest BCUT2D eigenvalue weighted by atomic mass is 9.75. The molecule has 60 valence electrons. The molecule has 0 saturated heterocycles. The minimum absolute atomic E-state index is 0.0348. The van der Waals surface area contributed by atoms with Gasteiger partial charge in [0, 0.05) is 5.92 Å². The zero-order valence-corrected chi connectivity index (χ0v) is 6.32. The molecule has 0 aliphatic heterocycles. The molecule has 2 aliphatic carbocycles. The summed E-state index contributed by atoms with van der Waals surface area (Å²) in [6, 6.07) is 0. The largest absolute Gasteiger partial charge is 0.469 e. The first-order valence-electron chi connectivity index (χ1n) is 3.82. The van der Waals surface area contributed by atoms with Crippen LogP contribution in [0.15, 0.2) is 0 Å². The molecule has 2 fully saturated rings. The van der Waals surface area contributed by atoms with Gasteiger partial charge in [-0.25, -0.2) is 0 Å². The van der Waals surface area contributed by atoms with Gasteiger partial charge in [0.2, 0.25) is 0 Å². The fourth-order valence-electron chi connectivity index (χ4n) is 2.15. The van der Waals surface area contributed by atoms with Crippen molar-refractivity contribution in [3.8, 4) is 0 Å². The van der Waals surface area contributed by atoms with Gasteiger partial charge in [-0.3, -0.25) is 4.79 Å². The van der Waals surface area contributed by atoms with E-state index in [1.165, 1.54) is 7.11 Å². The maximum absolute atomic E-state index is 11.0. The van der Waals surface area contributed by atoms with Gasteiger partial charge in [0.25, 0.3) is 0 Å². The molecule has 0 radical (unpaired) electrons. The van der Waals surface area contributed by atoms with Crippen LogP contribution in [0.3, 0.4) is 0 Å². The van der Waals surface area contributed by atoms with E-state index in [2.05, 4.69) is 4.74 Å². The summed E-state index contributed by atoms with van der Waals surface area (Å²) in [7, 11) is 1.37. The molecule has 0 aromatic heterocycles. The number of methoxy groups -OCH3 is 1. The van der Waals surface area contributed by atoms with Gasteiger partial charge in [-0.2, -0.15) is 0 Å². The molecular weight excluding hydrogens is 144 g/mol. The van der Waals surface area contributed by atoms with Crippen molar-refractivity contribution < 1.29 is 14.3 Å². The first kappa shape index (κ1) is 6.83. The molecule has 2 saturated carbocycles. The van der Waals surface area contributed by atoms with E-state index in [4.69, 9.17) is 0 Å². The van der Waals surface area contributed by atoms with Crippen LogP contribution >= 0.6 is 0 Å². The summed E-state index contributed by atoms with van der Waals surface area (Å²) in [6.45, 7) is 0. The Morgan fingerprint density at radius 2 is 2.27 bits per heavy atom. The lowest BCUT2D eigenvalue weighted by Crippen LogP contribution is -2.37. The zero-order valence-electron chi connectivity index (χ0n) is 6.32. The van der Waals surface area contributed by atoms with Gasteiger partial charge >= 0.3 is 5.97 Å². The molecule has 0 heterocycles. The predicted octanol–water partition coefficient (Wildman–Crippen LogP) is 0.240. The number of rotatable bonds is 2. The van der Waals surface area contributed by atoms with Crippen molar-refractivity contribution in [3.63, 3.8) is 0 Å². The minimum atomic E-state index is -0.208. The number of fused-ring (bicyclic) bond motifs is 1. The number of aldehydes is 1. The second-order valence-electron chi connectivity index (χ2n) is 3.33. The van der Waals surface area contributed by atoms with Gasteiger partial charge in [-0.05, 0) is 18.3 Å². The molecule has 2 aliphatic rings. The molecule has 3 nitrogen and oxygen atoms in total. The Morgan fingerprint density at radius 1 is 1.55 bits per heavy atom. The molecule has 11 heavy (non-hydrogen) atoms. The number of carbonyl (C=O) groups is 2. The third-order valence-electron chi connectivity index (χ3n) is 2.89. The van der Waals surface area contributed by atoms with Crippen molar-refractivity contribution >= 4 is 12.3 Å². The average Bonchev–Trinajstić information content (AvgIpc) is 2.65. The summed E-state index contributed by atoms with van der Waals surface area (Å²) in [5.74, 6) is 0.630. The molecule has 0 aromatic carbocycles. The van der Waals surface area contributed by atoms with Gasteiger partial charge in [-0.15, -0.1) is 0 Å². The Labute approximate surface area is 64.7 Å². The Morgan fingerprint density at radius 3 is 2.82 bits per heavy atom. The predicted molar refractivity (Wildman–Crippen MR) is 36.7 cm³/mol. The van der Waals surface area contributed by atoms with Crippen LogP contribution in [0.1, 0.15) is 6.42 Å². The molecule has 0 N–H and O–H groups in total. The molecule has 2 rings (SSSR count). The Balaban J connectivity index is 2.04. The average molecular weight is 154 g/mol. The third kappa shape index (κ3) is 0.737. The number of hydrogen-bond acceptors (Lipinski definition) is 3. The van der Waals surface area contributed by atoms with E-state index in [1.54, 1.807) is 0 Å². The Bertz CT molecular complexity index is 211. The summed E-state index contributed by atoms with van der Waals surface area (Å²) in [4.78, 5) is 21.5. The zero-order chi connectivity index (χ0) is 8.01. The Kier molecular flexibility index (Phi) is 1.28. The molecule has 0 amide bonds. The molecular formula is C8H10O3. The smallest absolute Gasteiger partial charge is 0.309 e. The third-order valence-corrected chi connectivity index (χ3v) is 2.89. The van der Waals surface area contributed by atoms with Crippen molar-refractivity contribution in [2.24, 2.45) is 23.7 Å². The first-order valence-corrected chi connectivity index (χ1v) is 3.82. The fraction of sp³-hybridized carbons (Fsp3) is 0.750. The SMILES string of the molecule is COC(=O)[C@@H]1[C@@H](C=O)[C@H]2C[C@H]21. The molecule has 0 aromatic rings. The normalized spacial score (nSPS) is 45.2.